The van der Waals surface area contributed by atoms with Gasteiger partial charge in [0.1, 0.15) is 19.3 Å². The molecule has 17 nitrogen and oxygen atoms in total. The van der Waals surface area contributed by atoms with E-state index >= 15 is 0 Å². The SMILES string of the molecule is CCCCCCCCCCCCCCCCCCCCCC(=O)O[C@H](COC(=O)CCCCCCCCCCCCCCCCC(C)CC)COP(=O)(O)OC[C@@H](O)COP(=O)(O)OC[C@@H](COC(=O)CCCCCCCCC)OC(=O)CCCCCCCCCCCCCCCCCC. The van der Waals surface area contributed by atoms with E-state index in [0.29, 0.717) is 25.7 Å². The highest BCUT2D eigenvalue weighted by molar-refractivity contribution is 7.47. The fraction of sp³-hybridized carbons (Fsp3) is 0.951. The molecule has 0 heterocycles. The third kappa shape index (κ3) is 73.0. The lowest BCUT2D eigenvalue weighted by Gasteiger charge is -2.21. The molecule has 19 heteroatoms. The molecule has 0 spiro atoms. The summed E-state index contributed by atoms with van der Waals surface area (Å²) in [7, 11) is -9.91. The first-order valence-corrected chi connectivity index (χ1v) is 45.2. The maximum atomic E-state index is 13.1. The zero-order valence-electron chi connectivity index (χ0n) is 65.3. The molecule has 0 aliphatic rings. The van der Waals surface area contributed by atoms with E-state index in [9.17, 15) is 43.2 Å². The molecule has 0 aliphatic carbocycles. The number of carbonyl (C=O) groups excluding carboxylic acids is 4. The van der Waals surface area contributed by atoms with Crippen molar-refractivity contribution in [2.75, 3.05) is 39.6 Å². The lowest BCUT2D eigenvalue weighted by molar-refractivity contribution is -0.161. The van der Waals surface area contributed by atoms with E-state index in [1.54, 1.807) is 0 Å². The number of rotatable bonds is 81. The van der Waals surface area contributed by atoms with Crippen LogP contribution >= 0.6 is 15.6 Å². The molecule has 3 N–H and O–H groups in total. The first-order valence-electron chi connectivity index (χ1n) is 42.2. The van der Waals surface area contributed by atoms with Gasteiger partial charge in [0.25, 0.3) is 0 Å². The standard InChI is InChI=1S/C81H158O17P2/c1-6-10-13-16-19-21-23-25-27-29-30-31-33-39-43-47-52-57-62-67-81(86)98-77(71-92-79(84)65-60-55-50-45-41-37-35-34-36-40-44-49-53-58-63-74(5)9-4)73-96-100(89,90)94-69-75(82)68-93-99(87,88)95-72-76(70-91-78(83)64-59-54-48-18-15-12-8-3)97-80(85)66-61-56-51-46-42-38-32-28-26-24-22-20-17-14-11-7-2/h74-77,82H,6-73H2,1-5H3,(H,87,88)(H,89,90)/t74?,75-,76+,77+/m0/s1. The van der Waals surface area contributed by atoms with Crippen LogP contribution in [0.3, 0.4) is 0 Å². The molecular weight excluding hydrogens is 1310 g/mol. The molecule has 6 atom stereocenters. The molecule has 0 amide bonds. The minimum absolute atomic E-state index is 0.108. The van der Waals surface area contributed by atoms with Crippen LogP contribution in [0, 0.1) is 5.92 Å². The van der Waals surface area contributed by atoms with E-state index in [4.69, 9.17) is 37.0 Å². The van der Waals surface area contributed by atoms with Crippen molar-refractivity contribution in [3.63, 3.8) is 0 Å². The average Bonchev–Trinajstić information content (AvgIpc) is 1.65. The number of hydrogen-bond acceptors (Lipinski definition) is 15. The Bertz CT molecular complexity index is 1910. The van der Waals surface area contributed by atoms with Gasteiger partial charge in [0, 0.05) is 25.7 Å². The van der Waals surface area contributed by atoms with Crippen LogP contribution in [0.2, 0.25) is 0 Å². The van der Waals surface area contributed by atoms with Crippen molar-refractivity contribution >= 4 is 39.5 Å². The number of esters is 4. The van der Waals surface area contributed by atoms with Gasteiger partial charge in [-0.15, -0.1) is 0 Å². The smallest absolute Gasteiger partial charge is 0.462 e. The Labute approximate surface area is 613 Å². The van der Waals surface area contributed by atoms with Crippen molar-refractivity contribution < 1.29 is 80.2 Å². The summed E-state index contributed by atoms with van der Waals surface area (Å²) in [6.45, 7) is 7.35. The fourth-order valence-corrected chi connectivity index (χ4v) is 14.1. The average molecular weight is 1470 g/mol. The Kier molecular flexibility index (Phi) is 72.5. The second kappa shape index (κ2) is 73.9. The molecule has 0 bridgehead atoms. The summed E-state index contributed by atoms with van der Waals surface area (Å²) in [5.41, 5.74) is 0. The number of phosphoric acid groups is 2. The van der Waals surface area contributed by atoms with E-state index in [-0.39, 0.29) is 25.7 Å². The van der Waals surface area contributed by atoms with Crippen molar-refractivity contribution in [3.8, 4) is 0 Å². The zero-order chi connectivity index (χ0) is 73.4. The molecule has 0 aliphatic heterocycles. The van der Waals surface area contributed by atoms with E-state index in [1.807, 2.05) is 0 Å². The van der Waals surface area contributed by atoms with Crippen LogP contribution in [0.1, 0.15) is 433 Å². The van der Waals surface area contributed by atoms with Gasteiger partial charge in [-0.25, -0.2) is 9.13 Å². The van der Waals surface area contributed by atoms with Gasteiger partial charge in [0.15, 0.2) is 12.2 Å². The van der Waals surface area contributed by atoms with Crippen molar-refractivity contribution in [1.82, 2.24) is 0 Å². The van der Waals surface area contributed by atoms with Crippen LogP contribution in [-0.4, -0.2) is 96.7 Å². The highest BCUT2D eigenvalue weighted by Crippen LogP contribution is 2.45. The Morgan fingerprint density at radius 2 is 0.480 bits per heavy atom. The first kappa shape index (κ1) is 98.1. The van der Waals surface area contributed by atoms with E-state index < -0.39 is 97.5 Å². The zero-order valence-corrected chi connectivity index (χ0v) is 67.1. The third-order valence-electron chi connectivity index (χ3n) is 19.4. The van der Waals surface area contributed by atoms with Crippen LogP contribution in [0.4, 0.5) is 0 Å². The molecular formula is C81H158O17P2. The Morgan fingerprint density at radius 3 is 0.710 bits per heavy atom. The number of unbranched alkanes of at least 4 members (excludes halogenated alkanes) is 52. The quantitative estimate of drug-likeness (QED) is 0.0222. The molecule has 0 aromatic rings. The Balaban J connectivity index is 5.18. The maximum absolute atomic E-state index is 13.1. The van der Waals surface area contributed by atoms with E-state index in [1.165, 1.54) is 244 Å². The lowest BCUT2D eigenvalue weighted by Crippen LogP contribution is -2.30. The van der Waals surface area contributed by atoms with Gasteiger partial charge in [-0.3, -0.25) is 37.3 Å². The van der Waals surface area contributed by atoms with Crippen LogP contribution < -0.4 is 0 Å². The van der Waals surface area contributed by atoms with Crippen LogP contribution in [0.5, 0.6) is 0 Å². The van der Waals surface area contributed by atoms with E-state index in [2.05, 4.69) is 34.6 Å². The summed E-state index contributed by atoms with van der Waals surface area (Å²) < 4.78 is 68.6. The van der Waals surface area contributed by atoms with Gasteiger partial charge in [0.2, 0.25) is 0 Å². The van der Waals surface area contributed by atoms with Gasteiger partial charge >= 0.3 is 39.5 Å². The largest absolute Gasteiger partial charge is 0.472 e. The highest BCUT2D eigenvalue weighted by atomic mass is 31.2. The molecule has 0 saturated carbocycles. The topological polar surface area (TPSA) is 237 Å². The van der Waals surface area contributed by atoms with Crippen LogP contribution in [-0.2, 0) is 65.4 Å². The van der Waals surface area contributed by atoms with Crippen molar-refractivity contribution in [2.24, 2.45) is 5.92 Å². The molecule has 0 radical (unpaired) electrons. The molecule has 0 saturated heterocycles. The first-order chi connectivity index (χ1) is 48.6. The van der Waals surface area contributed by atoms with Crippen LogP contribution in [0.25, 0.3) is 0 Å². The van der Waals surface area contributed by atoms with Gasteiger partial charge in [-0.05, 0) is 31.6 Å². The second-order valence-corrected chi connectivity index (χ2v) is 32.3. The van der Waals surface area contributed by atoms with Crippen LogP contribution in [0.15, 0.2) is 0 Å². The normalized spacial score (nSPS) is 14.1. The molecule has 0 fully saturated rings. The number of hydrogen-bond donors (Lipinski definition) is 3. The highest BCUT2D eigenvalue weighted by Gasteiger charge is 2.30. The minimum Gasteiger partial charge on any atom is -0.462 e. The molecule has 594 valence electrons. The summed E-state index contributed by atoms with van der Waals surface area (Å²) in [5.74, 6) is -1.26. The minimum atomic E-state index is -4.96. The summed E-state index contributed by atoms with van der Waals surface area (Å²) >= 11 is 0. The summed E-state index contributed by atoms with van der Waals surface area (Å²) in [4.78, 5) is 72.9. The predicted octanol–water partition coefficient (Wildman–Crippen LogP) is 24.4. The number of aliphatic hydroxyl groups is 1. The Morgan fingerprint density at radius 1 is 0.280 bits per heavy atom. The monoisotopic (exact) mass is 1470 g/mol. The molecule has 100 heavy (non-hydrogen) atoms. The van der Waals surface area contributed by atoms with Gasteiger partial charge in [0.05, 0.1) is 26.4 Å². The maximum Gasteiger partial charge on any atom is 0.472 e. The third-order valence-corrected chi connectivity index (χ3v) is 21.3. The molecule has 3 unspecified atom stereocenters. The van der Waals surface area contributed by atoms with E-state index in [0.717, 1.165) is 109 Å². The molecule has 0 rings (SSSR count). The van der Waals surface area contributed by atoms with Gasteiger partial charge < -0.3 is 33.8 Å². The fourth-order valence-electron chi connectivity index (χ4n) is 12.6. The van der Waals surface area contributed by atoms with Crippen molar-refractivity contribution in [3.05, 3.63) is 0 Å². The Hall–Kier alpha value is -1.94. The molecule has 0 aromatic heterocycles. The lowest BCUT2D eigenvalue weighted by atomic mass is 9.99. The summed E-state index contributed by atoms with van der Waals surface area (Å²) in [5, 5.41) is 10.6. The number of aliphatic hydroxyl groups excluding tert-OH is 1. The van der Waals surface area contributed by atoms with Crippen molar-refractivity contribution in [1.29, 1.82) is 0 Å². The second-order valence-electron chi connectivity index (χ2n) is 29.4. The van der Waals surface area contributed by atoms with Gasteiger partial charge in [-0.1, -0.05) is 381 Å². The predicted molar refractivity (Wildman–Crippen MR) is 409 cm³/mol. The number of phosphoric ester groups is 2. The number of ether oxygens (including phenoxy) is 4. The summed E-state index contributed by atoms with van der Waals surface area (Å²) in [6, 6.07) is 0. The molecule has 0 aromatic carbocycles. The van der Waals surface area contributed by atoms with Crippen molar-refractivity contribution in [2.45, 2.75) is 451 Å². The van der Waals surface area contributed by atoms with Gasteiger partial charge in [-0.2, -0.15) is 0 Å². The number of carbonyl (C=O) groups is 4. The summed E-state index contributed by atoms with van der Waals surface area (Å²) in [6.07, 6.45) is 65.3.